The molecule has 0 aliphatic rings. The van der Waals surface area contributed by atoms with E-state index in [9.17, 15) is 4.79 Å². The number of rotatable bonds is 10. The van der Waals surface area contributed by atoms with Crippen molar-refractivity contribution < 1.29 is 9.53 Å². The molecule has 2 aromatic carbocycles. The third kappa shape index (κ3) is 7.86. The lowest BCUT2D eigenvalue weighted by Crippen LogP contribution is -2.48. The average molecular weight is 442 g/mol. The fourth-order valence-electron chi connectivity index (χ4n) is 2.89. The summed E-state index contributed by atoms with van der Waals surface area (Å²) in [4.78, 5) is 15.0. The van der Waals surface area contributed by atoms with E-state index in [1.54, 1.807) is 6.92 Å². The SMILES string of the molecule is CCN(CC)CCOc1ccccc1CNC(=O)C(C)(N)c1ccccc1.Cl.Cl. The van der Waals surface area contributed by atoms with Crippen LogP contribution in [0.15, 0.2) is 54.6 Å². The zero-order valence-corrected chi connectivity index (χ0v) is 19.0. The number of carbonyl (C=O) groups excluding carboxylic acids is 1. The highest BCUT2D eigenvalue weighted by Crippen LogP contribution is 2.20. The maximum Gasteiger partial charge on any atom is 0.244 e. The number of amides is 1. The number of para-hydroxylation sites is 1. The smallest absolute Gasteiger partial charge is 0.244 e. The first-order valence-electron chi connectivity index (χ1n) is 9.54. The molecule has 0 saturated heterocycles. The summed E-state index contributed by atoms with van der Waals surface area (Å²) >= 11 is 0. The third-order valence-corrected chi connectivity index (χ3v) is 4.82. The van der Waals surface area contributed by atoms with E-state index in [1.165, 1.54) is 0 Å². The fourth-order valence-corrected chi connectivity index (χ4v) is 2.89. The van der Waals surface area contributed by atoms with E-state index in [1.807, 2.05) is 54.6 Å². The van der Waals surface area contributed by atoms with Gasteiger partial charge in [-0.3, -0.25) is 4.79 Å². The molecular formula is C22H33Cl2N3O2. The maximum absolute atomic E-state index is 12.6. The average Bonchev–Trinajstić information content (AvgIpc) is 2.70. The standard InChI is InChI=1S/C22H31N3O2.2ClH/c1-4-25(5-2)15-16-27-20-14-10-9-11-18(20)17-24-21(26)22(3,23)19-12-7-6-8-13-19;;/h6-14H,4-5,15-17,23H2,1-3H3,(H,24,26);2*1H. The van der Waals surface area contributed by atoms with Crippen LogP contribution in [-0.4, -0.2) is 37.0 Å². The van der Waals surface area contributed by atoms with Crippen molar-refractivity contribution in [1.29, 1.82) is 0 Å². The lowest BCUT2D eigenvalue weighted by Gasteiger charge is -2.24. The largest absolute Gasteiger partial charge is 0.492 e. The Bertz CT molecular complexity index is 723. The van der Waals surface area contributed by atoms with Crippen LogP contribution in [0.1, 0.15) is 31.9 Å². The van der Waals surface area contributed by atoms with E-state index < -0.39 is 5.54 Å². The van der Waals surface area contributed by atoms with E-state index in [0.29, 0.717) is 13.2 Å². The first-order valence-corrected chi connectivity index (χ1v) is 9.54. The van der Waals surface area contributed by atoms with Gasteiger partial charge in [-0.15, -0.1) is 24.8 Å². The number of hydrogen-bond donors (Lipinski definition) is 2. The van der Waals surface area contributed by atoms with E-state index in [2.05, 4.69) is 24.1 Å². The summed E-state index contributed by atoms with van der Waals surface area (Å²) in [6.07, 6.45) is 0. The van der Waals surface area contributed by atoms with Gasteiger partial charge in [-0.05, 0) is 31.6 Å². The van der Waals surface area contributed by atoms with Gasteiger partial charge in [0.05, 0.1) is 0 Å². The van der Waals surface area contributed by atoms with Gasteiger partial charge < -0.3 is 20.7 Å². The molecular weight excluding hydrogens is 409 g/mol. The number of halogens is 2. The molecule has 3 N–H and O–H groups in total. The minimum Gasteiger partial charge on any atom is -0.492 e. The van der Waals surface area contributed by atoms with E-state index >= 15 is 0 Å². The van der Waals surface area contributed by atoms with Crippen LogP contribution < -0.4 is 15.8 Å². The molecule has 0 fully saturated rings. The molecule has 0 aromatic heterocycles. The van der Waals surface area contributed by atoms with Crippen LogP contribution in [0, 0.1) is 0 Å². The molecule has 0 saturated carbocycles. The van der Waals surface area contributed by atoms with Crippen molar-refractivity contribution in [3.05, 3.63) is 65.7 Å². The second-order valence-electron chi connectivity index (χ2n) is 6.73. The van der Waals surface area contributed by atoms with Gasteiger partial charge >= 0.3 is 0 Å². The summed E-state index contributed by atoms with van der Waals surface area (Å²) in [7, 11) is 0. The first-order chi connectivity index (χ1) is 13.0. The summed E-state index contributed by atoms with van der Waals surface area (Å²) in [5, 5.41) is 2.95. The van der Waals surface area contributed by atoms with Crippen molar-refractivity contribution >= 4 is 30.7 Å². The molecule has 29 heavy (non-hydrogen) atoms. The maximum atomic E-state index is 12.6. The molecule has 162 valence electrons. The van der Waals surface area contributed by atoms with Gasteiger partial charge in [0.15, 0.2) is 0 Å². The van der Waals surface area contributed by atoms with Crippen LogP contribution in [0.5, 0.6) is 5.75 Å². The second kappa shape index (κ2) is 13.4. The molecule has 0 radical (unpaired) electrons. The molecule has 0 bridgehead atoms. The molecule has 2 rings (SSSR count). The molecule has 5 nitrogen and oxygen atoms in total. The first kappa shape index (κ1) is 27.2. The molecule has 7 heteroatoms. The van der Waals surface area contributed by atoms with Gasteiger partial charge in [-0.25, -0.2) is 0 Å². The molecule has 1 unspecified atom stereocenters. The highest BCUT2D eigenvalue weighted by atomic mass is 35.5. The molecule has 0 heterocycles. The van der Waals surface area contributed by atoms with Gasteiger partial charge in [-0.1, -0.05) is 62.4 Å². The normalized spacial score (nSPS) is 12.3. The van der Waals surface area contributed by atoms with Gasteiger partial charge in [0.1, 0.15) is 17.9 Å². The summed E-state index contributed by atoms with van der Waals surface area (Å²) in [6, 6.07) is 17.2. The predicted octanol–water partition coefficient (Wildman–Crippen LogP) is 3.74. The van der Waals surface area contributed by atoms with Crippen LogP contribution in [0.3, 0.4) is 0 Å². The number of nitrogens with two attached hydrogens (primary N) is 1. The minimum absolute atomic E-state index is 0. The fraction of sp³-hybridized carbons (Fsp3) is 0.409. The number of nitrogens with zero attached hydrogens (tertiary/aromatic N) is 1. The second-order valence-corrected chi connectivity index (χ2v) is 6.73. The summed E-state index contributed by atoms with van der Waals surface area (Å²) in [6.45, 7) is 9.89. The van der Waals surface area contributed by atoms with Crippen LogP contribution in [0.2, 0.25) is 0 Å². The van der Waals surface area contributed by atoms with E-state index in [4.69, 9.17) is 10.5 Å². The molecule has 1 atom stereocenters. The van der Waals surface area contributed by atoms with Crippen LogP contribution in [0.4, 0.5) is 0 Å². The molecule has 2 aromatic rings. The van der Waals surface area contributed by atoms with E-state index in [0.717, 1.165) is 36.5 Å². The Morgan fingerprint density at radius 3 is 2.24 bits per heavy atom. The van der Waals surface area contributed by atoms with E-state index in [-0.39, 0.29) is 30.7 Å². The molecule has 1 amide bonds. The Labute approximate surface area is 186 Å². The summed E-state index contributed by atoms with van der Waals surface area (Å²) < 4.78 is 5.95. The summed E-state index contributed by atoms with van der Waals surface area (Å²) in [5.41, 5.74) is 6.92. The van der Waals surface area contributed by atoms with Gasteiger partial charge in [0.25, 0.3) is 0 Å². The summed E-state index contributed by atoms with van der Waals surface area (Å²) in [5.74, 6) is 0.579. The highest BCUT2D eigenvalue weighted by Gasteiger charge is 2.30. The highest BCUT2D eigenvalue weighted by molar-refractivity contribution is 5.87. The van der Waals surface area contributed by atoms with Crippen molar-refractivity contribution in [2.24, 2.45) is 5.73 Å². The zero-order chi connectivity index (χ0) is 19.7. The number of benzene rings is 2. The lowest BCUT2D eigenvalue weighted by molar-refractivity contribution is -0.126. The lowest BCUT2D eigenvalue weighted by atomic mass is 9.92. The number of likely N-dealkylation sites (N-methyl/N-ethyl adjacent to an activating group) is 1. The van der Waals surface area contributed by atoms with Crippen molar-refractivity contribution in [1.82, 2.24) is 10.2 Å². The Hall–Kier alpha value is -1.79. The Morgan fingerprint density at radius 2 is 1.62 bits per heavy atom. The number of carbonyl (C=O) groups is 1. The third-order valence-electron chi connectivity index (χ3n) is 4.82. The van der Waals surface area contributed by atoms with Gasteiger partial charge in [-0.2, -0.15) is 0 Å². The van der Waals surface area contributed by atoms with Gasteiger partial charge in [0.2, 0.25) is 5.91 Å². The Kier molecular flexibility index (Phi) is 12.6. The number of hydrogen-bond acceptors (Lipinski definition) is 4. The number of nitrogens with one attached hydrogen (secondary N) is 1. The molecule has 0 spiro atoms. The molecule has 0 aliphatic carbocycles. The molecule has 0 aliphatic heterocycles. The van der Waals surface area contributed by atoms with Gasteiger partial charge in [0, 0.05) is 18.7 Å². The topological polar surface area (TPSA) is 67.6 Å². The van der Waals surface area contributed by atoms with Crippen molar-refractivity contribution in [2.75, 3.05) is 26.2 Å². The van der Waals surface area contributed by atoms with Crippen molar-refractivity contribution in [2.45, 2.75) is 32.9 Å². The number of ether oxygens (including phenoxy) is 1. The zero-order valence-electron chi connectivity index (χ0n) is 17.4. The predicted molar refractivity (Wildman–Crippen MR) is 124 cm³/mol. The monoisotopic (exact) mass is 441 g/mol. The Morgan fingerprint density at radius 1 is 1.03 bits per heavy atom. The minimum atomic E-state index is -1.08. The van der Waals surface area contributed by atoms with Crippen LogP contribution >= 0.6 is 24.8 Å². The quantitative estimate of drug-likeness (QED) is 0.588. The van der Waals surface area contributed by atoms with Crippen LogP contribution in [-0.2, 0) is 16.9 Å². The van der Waals surface area contributed by atoms with Crippen molar-refractivity contribution in [3.63, 3.8) is 0 Å². The van der Waals surface area contributed by atoms with Crippen LogP contribution in [0.25, 0.3) is 0 Å². The van der Waals surface area contributed by atoms with Crippen molar-refractivity contribution in [3.8, 4) is 5.75 Å². The Balaban J connectivity index is 0.00000392.